The van der Waals surface area contributed by atoms with Crippen molar-refractivity contribution in [1.29, 1.82) is 0 Å². The van der Waals surface area contributed by atoms with E-state index in [2.05, 4.69) is 38.1 Å². The lowest BCUT2D eigenvalue weighted by atomic mass is 9.81. The fourth-order valence-electron chi connectivity index (χ4n) is 3.27. The third-order valence-corrected chi connectivity index (χ3v) is 4.54. The first-order valence-electron chi connectivity index (χ1n) is 7.08. The van der Waals surface area contributed by atoms with E-state index in [9.17, 15) is 5.11 Å². The maximum atomic E-state index is 10.6. The van der Waals surface area contributed by atoms with Crippen molar-refractivity contribution in [3.05, 3.63) is 35.4 Å². The van der Waals surface area contributed by atoms with Gasteiger partial charge in [-0.3, -0.25) is 0 Å². The van der Waals surface area contributed by atoms with Crippen molar-refractivity contribution in [3.8, 4) is 0 Å². The summed E-state index contributed by atoms with van der Waals surface area (Å²) in [7, 11) is 0. The molecule has 0 aliphatic heterocycles. The van der Waals surface area contributed by atoms with Crippen LogP contribution < -0.4 is 5.73 Å². The Balaban J connectivity index is 2.14. The third-order valence-electron chi connectivity index (χ3n) is 4.54. The topological polar surface area (TPSA) is 46.2 Å². The molecule has 0 saturated heterocycles. The van der Waals surface area contributed by atoms with Crippen LogP contribution in [0.4, 0.5) is 0 Å². The summed E-state index contributed by atoms with van der Waals surface area (Å²) in [6.45, 7) is 4.85. The molecule has 0 heterocycles. The van der Waals surface area contributed by atoms with Gasteiger partial charge < -0.3 is 10.8 Å². The van der Waals surface area contributed by atoms with E-state index >= 15 is 0 Å². The zero-order chi connectivity index (χ0) is 13.1. The van der Waals surface area contributed by atoms with E-state index in [0.29, 0.717) is 18.4 Å². The molecule has 0 spiro atoms. The van der Waals surface area contributed by atoms with Gasteiger partial charge in [0.05, 0.1) is 6.10 Å². The minimum atomic E-state index is -0.296. The third kappa shape index (κ3) is 2.76. The van der Waals surface area contributed by atoms with Crippen LogP contribution in [0.1, 0.15) is 43.2 Å². The average Bonchev–Trinajstić information content (AvgIpc) is 2.78. The summed E-state index contributed by atoms with van der Waals surface area (Å²) in [5.41, 5.74) is 8.32. The Kier molecular flexibility index (Phi) is 4.41. The van der Waals surface area contributed by atoms with Crippen molar-refractivity contribution in [3.63, 3.8) is 0 Å². The lowest BCUT2D eigenvalue weighted by molar-refractivity contribution is 0.0665. The highest BCUT2D eigenvalue weighted by Crippen LogP contribution is 2.38. The Labute approximate surface area is 110 Å². The SMILES string of the molecule is Cc1ccc(C(CN)C(O)C2CCCC2C)cc1. The highest BCUT2D eigenvalue weighted by molar-refractivity contribution is 5.26. The summed E-state index contributed by atoms with van der Waals surface area (Å²) in [5, 5.41) is 10.6. The Hall–Kier alpha value is -0.860. The van der Waals surface area contributed by atoms with Crippen molar-refractivity contribution in [2.75, 3.05) is 6.54 Å². The van der Waals surface area contributed by atoms with Crippen LogP contribution in [-0.4, -0.2) is 17.8 Å². The van der Waals surface area contributed by atoms with Gasteiger partial charge in [-0.25, -0.2) is 0 Å². The number of aliphatic hydroxyl groups excluding tert-OH is 1. The molecule has 0 aromatic heterocycles. The first-order valence-corrected chi connectivity index (χ1v) is 7.08. The molecule has 2 rings (SSSR count). The number of rotatable bonds is 4. The molecule has 4 unspecified atom stereocenters. The van der Waals surface area contributed by atoms with E-state index in [1.54, 1.807) is 0 Å². The van der Waals surface area contributed by atoms with Crippen LogP contribution in [0.25, 0.3) is 0 Å². The first kappa shape index (κ1) is 13.6. The Morgan fingerprint density at radius 1 is 1.28 bits per heavy atom. The Morgan fingerprint density at radius 2 is 1.94 bits per heavy atom. The Bertz CT molecular complexity index is 373. The number of aryl methyl sites for hydroxylation is 1. The summed E-state index contributed by atoms with van der Waals surface area (Å²) in [6, 6.07) is 8.41. The van der Waals surface area contributed by atoms with Crippen molar-refractivity contribution in [2.45, 2.75) is 45.1 Å². The number of aliphatic hydroxyl groups is 1. The van der Waals surface area contributed by atoms with E-state index in [4.69, 9.17) is 5.73 Å². The zero-order valence-corrected chi connectivity index (χ0v) is 11.5. The van der Waals surface area contributed by atoms with Crippen molar-refractivity contribution < 1.29 is 5.11 Å². The molecule has 2 nitrogen and oxygen atoms in total. The van der Waals surface area contributed by atoms with Gasteiger partial charge in [-0.15, -0.1) is 0 Å². The maximum absolute atomic E-state index is 10.6. The molecule has 2 heteroatoms. The molecule has 3 N–H and O–H groups in total. The standard InChI is InChI=1S/C16H25NO/c1-11-6-8-13(9-7-11)15(10-17)16(18)14-5-3-4-12(14)2/h6-9,12,14-16,18H,3-5,10,17H2,1-2H3. The number of hydrogen-bond acceptors (Lipinski definition) is 2. The molecule has 0 amide bonds. The first-order chi connectivity index (χ1) is 8.63. The second kappa shape index (κ2) is 5.85. The molecular weight excluding hydrogens is 222 g/mol. The summed E-state index contributed by atoms with van der Waals surface area (Å²) >= 11 is 0. The molecule has 0 bridgehead atoms. The number of nitrogens with two attached hydrogens (primary N) is 1. The normalized spacial score (nSPS) is 27.1. The molecule has 1 saturated carbocycles. The van der Waals surface area contributed by atoms with Gasteiger partial charge in [0.2, 0.25) is 0 Å². The number of benzene rings is 1. The Morgan fingerprint density at radius 3 is 2.44 bits per heavy atom. The minimum absolute atomic E-state index is 0.0798. The van der Waals surface area contributed by atoms with Crippen molar-refractivity contribution >= 4 is 0 Å². The summed E-state index contributed by atoms with van der Waals surface area (Å²) in [5.74, 6) is 1.12. The van der Waals surface area contributed by atoms with Crippen LogP contribution in [0.5, 0.6) is 0 Å². The maximum Gasteiger partial charge on any atom is 0.0651 e. The second-order valence-corrected chi connectivity index (χ2v) is 5.82. The van der Waals surface area contributed by atoms with Gasteiger partial charge in [0.15, 0.2) is 0 Å². The monoisotopic (exact) mass is 247 g/mol. The van der Waals surface area contributed by atoms with Gasteiger partial charge in [-0.1, -0.05) is 49.6 Å². The molecule has 1 aromatic carbocycles. The predicted octanol–water partition coefficient (Wildman–Crippen LogP) is 2.83. The van der Waals surface area contributed by atoms with E-state index < -0.39 is 0 Å². The molecule has 100 valence electrons. The van der Waals surface area contributed by atoms with E-state index in [-0.39, 0.29) is 12.0 Å². The van der Waals surface area contributed by atoms with Crippen LogP contribution in [0, 0.1) is 18.8 Å². The summed E-state index contributed by atoms with van der Waals surface area (Å²) in [4.78, 5) is 0. The fraction of sp³-hybridized carbons (Fsp3) is 0.625. The predicted molar refractivity (Wildman–Crippen MR) is 75.5 cm³/mol. The van der Waals surface area contributed by atoms with Crippen LogP contribution in [-0.2, 0) is 0 Å². The molecule has 4 atom stereocenters. The zero-order valence-electron chi connectivity index (χ0n) is 11.5. The fourth-order valence-corrected chi connectivity index (χ4v) is 3.27. The van der Waals surface area contributed by atoms with Gasteiger partial charge >= 0.3 is 0 Å². The highest BCUT2D eigenvalue weighted by atomic mass is 16.3. The number of hydrogen-bond donors (Lipinski definition) is 2. The van der Waals surface area contributed by atoms with Gasteiger partial charge in [0, 0.05) is 12.5 Å². The van der Waals surface area contributed by atoms with Gasteiger partial charge in [-0.2, -0.15) is 0 Å². The lowest BCUT2D eigenvalue weighted by Crippen LogP contribution is -2.33. The van der Waals surface area contributed by atoms with E-state index in [1.807, 2.05) is 0 Å². The summed E-state index contributed by atoms with van der Waals surface area (Å²) in [6.07, 6.45) is 3.33. The van der Waals surface area contributed by atoms with Crippen LogP contribution in [0.3, 0.4) is 0 Å². The van der Waals surface area contributed by atoms with Crippen LogP contribution >= 0.6 is 0 Å². The van der Waals surface area contributed by atoms with Gasteiger partial charge in [0.1, 0.15) is 0 Å². The second-order valence-electron chi connectivity index (χ2n) is 5.82. The summed E-state index contributed by atoms with van der Waals surface area (Å²) < 4.78 is 0. The molecule has 18 heavy (non-hydrogen) atoms. The van der Waals surface area contributed by atoms with Crippen LogP contribution in [0.15, 0.2) is 24.3 Å². The van der Waals surface area contributed by atoms with E-state index in [0.717, 1.165) is 6.42 Å². The van der Waals surface area contributed by atoms with Gasteiger partial charge in [-0.05, 0) is 30.7 Å². The van der Waals surface area contributed by atoms with Crippen molar-refractivity contribution in [1.82, 2.24) is 0 Å². The lowest BCUT2D eigenvalue weighted by Gasteiger charge is -2.29. The quantitative estimate of drug-likeness (QED) is 0.859. The minimum Gasteiger partial charge on any atom is -0.392 e. The smallest absolute Gasteiger partial charge is 0.0651 e. The van der Waals surface area contributed by atoms with Crippen LogP contribution in [0.2, 0.25) is 0 Å². The molecule has 1 aliphatic rings. The van der Waals surface area contributed by atoms with Crippen molar-refractivity contribution in [2.24, 2.45) is 17.6 Å². The highest BCUT2D eigenvalue weighted by Gasteiger charge is 2.34. The molecule has 1 fully saturated rings. The van der Waals surface area contributed by atoms with E-state index in [1.165, 1.54) is 24.0 Å². The molecule has 1 aliphatic carbocycles. The molecule has 1 aromatic rings. The largest absolute Gasteiger partial charge is 0.392 e. The molecular formula is C16H25NO. The van der Waals surface area contributed by atoms with Gasteiger partial charge in [0.25, 0.3) is 0 Å². The average molecular weight is 247 g/mol. The molecule has 0 radical (unpaired) electrons.